The van der Waals surface area contributed by atoms with Gasteiger partial charge in [0.15, 0.2) is 0 Å². The third kappa shape index (κ3) is 2.51. The Morgan fingerprint density at radius 1 is 1.04 bits per heavy atom. The quantitative estimate of drug-likeness (QED) is 0.640. The largest absolute Gasteiger partial charge is 0.361 e. The van der Waals surface area contributed by atoms with Crippen molar-refractivity contribution in [2.24, 2.45) is 11.8 Å². The van der Waals surface area contributed by atoms with E-state index in [2.05, 4.69) is 72.4 Å². The van der Waals surface area contributed by atoms with E-state index in [9.17, 15) is 0 Å². The van der Waals surface area contributed by atoms with E-state index in [4.69, 9.17) is 0 Å². The van der Waals surface area contributed by atoms with Gasteiger partial charge in [0, 0.05) is 36.2 Å². The lowest BCUT2D eigenvalue weighted by molar-refractivity contribution is 0.215. The van der Waals surface area contributed by atoms with Crippen molar-refractivity contribution in [3.8, 4) is 0 Å². The average molecular weight is 345 g/mol. The molecule has 5 rings (SSSR count). The molecule has 2 heteroatoms. The van der Waals surface area contributed by atoms with Crippen molar-refractivity contribution in [1.82, 2.24) is 9.88 Å². The summed E-state index contributed by atoms with van der Waals surface area (Å²) in [6.07, 6.45) is 6.32. The molecule has 1 saturated heterocycles. The van der Waals surface area contributed by atoms with Crippen molar-refractivity contribution in [3.63, 3.8) is 0 Å². The van der Waals surface area contributed by atoms with Gasteiger partial charge in [-0.3, -0.25) is 4.90 Å². The van der Waals surface area contributed by atoms with Crippen LogP contribution in [0.25, 0.3) is 10.9 Å². The summed E-state index contributed by atoms with van der Waals surface area (Å²) in [4.78, 5) is 6.22. The normalized spacial score (nSPS) is 25.8. The maximum absolute atomic E-state index is 3.44. The summed E-state index contributed by atoms with van der Waals surface area (Å²) in [5, 5.41) is 1.41. The van der Waals surface area contributed by atoms with Gasteiger partial charge in [0.1, 0.15) is 0 Å². The second kappa shape index (κ2) is 6.28. The minimum absolute atomic E-state index is 0.582. The second-order valence-electron chi connectivity index (χ2n) is 8.40. The first-order valence-corrected chi connectivity index (χ1v) is 10.1. The van der Waals surface area contributed by atoms with Gasteiger partial charge in [0.2, 0.25) is 0 Å². The van der Waals surface area contributed by atoms with E-state index in [-0.39, 0.29) is 0 Å². The number of rotatable bonds is 3. The van der Waals surface area contributed by atoms with Crippen molar-refractivity contribution in [2.45, 2.75) is 45.7 Å². The van der Waals surface area contributed by atoms with E-state index in [1.165, 1.54) is 59.0 Å². The summed E-state index contributed by atoms with van der Waals surface area (Å²) in [7, 11) is 0. The van der Waals surface area contributed by atoms with E-state index >= 15 is 0 Å². The molecular formula is C24H28N2. The minimum atomic E-state index is 0.582. The van der Waals surface area contributed by atoms with Gasteiger partial charge in [-0.15, -0.1) is 0 Å². The second-order valence-corrected chi connectivity index (χ2v) is 8.40. The van der Waals surface area contributed by atoms with E-state index < -0.39 is 0 Å². The zero-order chi connectivity index (χ0) is 17.7. The SMILES string of the molecule is Cc1cc(C)c2[nH]ccc2c1CN1C[C@@H]2CCCC2C1c1ccccc1. The summed E-state index contributed by atoms with van der Waals surface area (Å²) in [5.74, 6) is 1.72. The number of aromatic nitrogens is 1. The average Bonchev–Trinajstić information content (AvgIpc) is 3.35. The van der Waals surface area contributed by atoms with E-state index in [0.29, 0.717) is 6.04 Å². The highest BCUT2D eigenvalue weighted by atomic mass is 15.2. The van der Waals surface area contributed by atoms with Crippen LogP contribution >= 0.6 is 0 Å². The fourth-order valence-corrected chi connectivity index (χ4v) is 5.72. The van der Waals surface area contributed by atoms with Gasteiger partial charge in [0.25, 0.3) is 0 Å². The molecule has 0 bridgehead atoms. The van der Waals surface area contributed by atoms with E-state index in [0.717, 1.165) is 18.4 Å². The first-order chi connectivity index (χ1) is 12.7. The van der Waals surface area contributed by atoms with Crippen molar-refractivity contribution >= 4 is 10.9 Å². The van der Waals surface area contributed by atoms with Crippen LogP contribution in [0.15, 0.2) is 48.7 Å². The highest BCUT2D eigenvalue weighted by Gasteiger charge is 2.44. The van der Waals surface area contributed by atoms with Crippen LogP contribution in [0.1, 0.15) is 47.6 Å². The smallest absolute Gasteiger partial charge is 0.0487 e. The standard InChI is InChI=1S/C24H28N2/c1-16-13-17(2)23-21(11-12-25-23)22(16)15-26-14-19-9-6-10-20(19)24(26)18-7-4-3-5-8-18/h3-5,7-8,11-13,19-20,24-25H,6,9-10,14-15H2,1-2H3/t19-,20?,24?/m0/s1. The molecule has 1 aliphatic carbocycles. The number of nitrogens with one attached hydrogen (secondary N) is 1. The van der Waals surface area contributed by atoms with Crippen LogP contribution in [-0.4, -0.2) is 16.4 Å². The number of benzene rings is 2. The number of nitrogens with zero attached hydrogens (tertiary/aromatic N) is 1. The number of aromatic amines is 1. The lowest BCUT2D eigenvalue weighted by Gasteiger charge is -2.29. The molecule has 1 N–H and O–H groups in total. The first-order valence-electron chi connectivity index (χ1n) is 10.1. The van der Waals surface area contributed by atoms with Gasteiger partial charge in [-0.2, -0.15) is 0 Å². The Bertz CT molecular complexity index is 924. The highest BCUT2D eigenvalue weighted by molar-refractivity contribution is 5.87. The Morgan fingerprint density at radius 3 is 2.73 bits per heavy atom. The molecule has 26 heavy (non-hydrogen) atoms. The molecule has 2 nitrogen and oxygen atoms in total. The molecule has 1 aromatic heterocycles. The van der Waals surface area contributed by atoms with Crippen LogP contribution in [0.2, 0.25) is 0 Å². The molecule has 0 amide bonds. The van der Waals surface area contributed by atoms with Crippen LogP contribution in [-0.2, 0) is 6.54 Å². The zero-order valence-corrected chi connectivity index (χ0v) is 15.8. The molecule has 2 fully saturated rings. The Morgan fingerprint density at radius 2 is 1.88 bits per heavy atom. The molecule has 3 atom stereocenters. The molecular weight excluding hydrogens is 316 g/mol. The first kappa shape index (κ1) is 16.1. The molecule has 2 unspecified atom stereocenters. The van der Waals surface area contributed by atoms with Crippen LogP contribution in [0.4, 0.5) is 0 Å². The molecule has 2 aliphatic rings. The molecule has 2 heterocycles. The maximum Gasteiger partial charge on any atom is 0.0487 e. The molecule has 3 aromatic rings. The number of hydrogen-bond donors (Lipinski definition) is 1. The topological polar surface area (TPSA) is 19.0 Å². The molecule has 1 aliphatic heterocycles. The van der Waals surface area contributed by atoms with Gasteiger partial charge >= 0.3 is 0 Å². The van der Waals surface area contributed by atoms with E-state index in [1.807, 2.05) is 0 Å². The lowest BCUT2D eigenvalue weighted by Crippen LogP contribution is -2.26. The summed E-state index contributed by atoms with van der Waals surface area (Å²) < 4.78 is 0. The van der Waals surface area contributed by atoms with E-state index in [1.54, 1.807) is 0 Å². The van der Waals surface area contributed by atoms with Crippen molar-refractivity contribution in [3.05, 3.63) is 70.9 Å². The molecule has 0 radical (unpaired) electrons. The van der Waals surface area contributed by atoms with Gasteiger partial charge < -0.3 is 4.98 Å². The number of aryl methyl sites for hydroxylation is 2. The Kier molecular flexibility index (Phi) is 3.90. The van der Waals surface area contributed by atoms with Crippen molar-refractivity contribution in [2.75, 3.05) is 6.54 Å². The van der Waals surface area contributed by atoms with Crippen LogP contribution in [0.5, 0.6) is 0 Å². The van der Waals surface area contributed by atoms with Crippen molar-refractivity contribution in [1.29, 1.82) is 0 Å². The third-order valence-electron chi connectivity index (χ3n) is 6.86. The van der Waals surface area contributed by atoms with Crippen molar-refractivity contribution < 1.29 is 0 Å². The predicted octanol–water partition coefficient (Wildman–Crippen LogP) is 5.76. The van der Waals surface area contributed by atoms with Gasteiger partial charge in [-0.1, -0.05) is 42.8 Å². The van der Waals surface area contributed by atoms with Crippen LogP contribution < -0.4 is 0 Å². The summed E-state index contributed by atoms with van der Waals surface area (Å²) in [5.41, 5.74) is 7.11. The Labute approximate surface area is 156 Å². The summed E-state index contributed by atoms with van der Waals surface area (Å²) >= 11 is 0. The Hall–Kier alpha value is -2.06. The fourth-order valence-electron chi connectivity index (χ4n) is 5.72. The summed E-state index contributed by atoms with van der Waals surface area (Å²) in [6.45, 7) is 6.81. The third-order valence-corrected chi connectivity index (χ3v) is 6.86. The minimum Gasteiger partial charge on any atom is -0.361 e. The maximum atomic E-state index is 3.44. The van der Waals surface area contributed by atoms with Gasteiger partial charge in [0.05, 0.1) is 0 Å². The van der Waals surface area contributed by atoms with Gasteiger partial charge in [-0.25, -0.2) is 0 Å². The zero-order valence-electron chi connectivity index (χ0n) is 15.8. The monoisotopic (exact) mass is 344 g/mol. The molecule has 134 valence electrons. The molecule has 2 aromatic carbocycles. The predicted molar refractivity (Wildman–Crippen MR) is 108 cm³/mol. The summed E-state index contributed by atoms with van der Waals surface area (Å²) in [6, 6.07) is 16.4. The molecule has 0 spiro atoms. The highest BCUT2D eigenvalue weighted by Crippen LogP contribution is 2.50. The molecule has 1 saturated carbocycles. The fraction of sp³-hybridized carbons (Fsp3) is 0.417. The number of fused-ring (bicyclic) bond motifs is 2. The number of H-pyrrole nitrogens is 1. The number of likely N-dealkylation sites (tertiary alicyclic amines) is 1. The number of hydrogen-bond acceptors (Lipinski definition) is 1. The lowest BCUT2D eigenvalue weighted by atomic mass is 9.89. The van der Waals surface area contributed by atoms with Crippen LogP contribution in [0.3, 0.4) is 0 Å². The Balaban J connectivity index is 1.54. The van der Waals surface area contributed by atoms with Gasteiger partial charge in [-0.05, 0) is 66.8 Å². The van der Waals surface area contributed by atoms with Crippen LogP contribution in [0, 0.1) is 25.7 Å².